The molecule has 0 aliphatic rings. The fourth-order valence-corrected chi connectivity index (χ4v) is 2.61. The lowest BCUT2D eigenvalue weighted by atomic mass is 9.87. The van der Waals surface area contributed by atoms with Crippen LogP contribution in [0.3, 0.4) is 0 Å². The van der Waals surface area contributed by atoms with Crippen LogP contribution >= 0.6 is 0 Å². The maximum absolute atomic E-state index is 11.8. The third-order valence-corrected chi connectivity index (χ3v) is 4.73. The molecule has 0 saturated heterocycles. The van der Waals surface area contributed by atoms with Crippen molar-refractivity contribution in [3.63, 3.8) is 0 Å². The van der Waals surface area contributed by atoms with E-state index in [0.717, 1.165) is 5.56 Å². The van der Waals surface area contributed by atoms with Crippen LogP contribution in [0.1, 0.15) is 19.4 Å². The van der Waals surface area contributed by atoms with Gasteiger partial charge in [-0.25, -0.2) is 13.1 Å². The summed E-state index contributed by atoms with van der Waals surface area (Å²) >= 11 is 0. The van der Waals surface area contributed by atoms with Crippen LogP contribution in [0.25, 0.3) is 0 Å². The molecule has 1 aromatic carbocycles. The van der Waals surface area contributed by atoms with Gasteiger partial charge in [-0.3, -0.25) is 4.79 Å². The molecule has 0 aromatic heterocycles. The number of hydrogen-bond donors (Lipinski definition) is 4. The summed E-state index contributed by atoms with van der Waals surface area (Å²) in [4.78, 5) is 11.7. The molecule has 0 fully saturated rings. The molecule has 0 aliphatic carbocycles. The molecule has 0 aliphatic heterocycles. The Morgan fingerprint density at radius 2 is 1.87 bits per heavy atom. The Kier molecular flexibility index (Phi) is 7.14. The van der Waals surface area contributed by atoms with E-state index in [4.69, 9.17) is 5.11 Å². The normalized spacial score (nSPS) is 13.6. The van der Waals surface area contributed by atoms with Crippen molar-refractivity contribution < 1.29 is 23.4 Å². The maximum atomic E-state index is 11.8. The Morgan fingerprint density at radius 3 is 2.43 bits per heavy atom. The zero-order chi connectivity index (χ0) is 17.5. The van der Waals surface area contributed by atoms with Gasteiger partial charge in [0.05, 0.1) is 12.4 Å². The second-order valence-electron chi connectivity index (χ2n) is 5.97. The summed E-state index contributed by atoms with van der Waals surface area (Å²) in [5, 5.41) is 21.2. The van der Waals surface area contributed by atoms with E-state index in [-0.39, 0.29) is 25.4 Å². The topological polar surface area (TPSA) is 116 Å². The van der Waals surface area contributed by atoms with Gasteiger partial charge in [-0.2, -0.15) is 0 Å². The van der Waals surface area contributed by atoms with Gasteiger partial charge in [-0.1, -0.05) is 44.2 Å². The number of sulfonamides is 1. The van der Waals surface area contributed by atoms with Crippen molar-refractivity contribution in [3.8, 4) is 0 Å². The van der Waals surface area contributed by atoms with Crippen molar-refractivity contribution in [2.75, 3.05) is 18.9 Å². The molecular weight excluding hydrogens is 320 g/mol. The van der Waals surface area contributed by atoms with E-state index >= 15 is 0 Å². The Morgan fingerprint density at radius 1 is 1.26 bits per heavy atom. The van der Waals surface area contributed by atoms with Crippen LogP contribution in [-0.2, 0) is 21.4 Å². The van der Waals surface area contributed by atoms with Crippen molar-refractivity contribution in [1.29, 1.82) is 0 Å². The van der Waals surface area contributed by atoms with Gasteiger partial charge in [-0.15, -0.1) is 0 Å². The largest absolute Gasteiger partial charge is 0.396 e. The van der Waals surface area contributed by atoms with Crippen molar-refractivity contribution in [1.82, 2.24) is 10.0 Å². The van der Waals surface area contributed by atoms with E-state index in [1.54, 1.807) is 12.1 Å². The monoisotopic (exact) mass is 344 g/mol. The lowest BCUT2D eigenvalue weighted by molar-refractivity contribution is -0.136. The molecule has 0 radical (unpaired) electrons. The van der Waals surface area contributed by atoms with Gasteiger partial charge in [0.1, 0.15) is 6.10 Å². The third kappa shape index (κ3) is 6.66. The predicted molar refractivity (Wildman–Crippen MR) is 87.0 cm³/mol. The van der Waals surface area contributed by atoms with Crippen molar-refractivity contribution >= 4 is 15.9 Å². The number of rotatable bonds is 9. The van der Waals surface area contributed by atoms with Crippen LogP contribution in [0.4, 0.5) is 0 Å². The summed E-state index contributed by atoms with van der Waals surface area (Å²) in [7, 11) is -3.54. The number of nitrogens with one attached hydrogen (secondary N) is 2. The molecule has 1 rings (SSSR count). The first-order valence-corrected chi connectivity index (χ1v) is 8.91. The van der Waals surface area contributed by atoms with Gasteiger partial charge < -0.3 is 15.5 Å². The van der Waals surface area contributed by atoms with Crippen molar-refractivity contribution in [2.45, 2.75) is 26.5 Å². The highest BCUT2D eigenvalue weighted by molar-refractivity contribution is 7.89. The van der Waals surface area contributed by atoms with E-state index in [9.17, 15) is 18.3 Å². The second kappa shape index (κ2) is 8.39. The zero-order valence-corrected chi connectivity index (χ0v) is 14.1. The molecule has 0 spiro atoms. The summed E-state index contributed by atoms with van der Waals surface area (Å²) in [5.74, 6) is -1.000. The predicted octanol–water partition coefficient (Wildman–Crippen LogP) is -0.398. The summed E-state index contributed by atoms with van der Waals surface area (Å²) in [6, 6.07) is 9.07. The van der Waals surface area contributed by atoms with Gasteiger partial charge in [0, 0.05) is 18.5 Å². The fourth-order valence-electron chi connectivity index (χ4n) is 1.71. The van der Waals surface area contributed by atoms with E-state index < -0.39 is 27.4 Å². The lowest BCUT2D eigenvalue weighted by Crippen LogP contribution is -2.47. The van der Waals surface area contributed by atoms with Crippen LogP contribution in [0.15, 0.2) is 30.3 Å². The molecule has 1 atom stereocenters. The molecule has 130 valence electrons. The van der Waals surface area contributed by atoms with Gasteiger partial charge >= 0.3 is 0 Å². The number of carbonyl (C=O) groups excluding carboxylic acids is 1. The molecule has 0 saturated carbocycles. The summed E-state index contributed by atoms with van der Waals surface area (Å²) in [5.41, 5.74) is -0.158. The smallest absolute Gasteiger partial charge is 0.249 e. The Labute approximate surface area is 136 Å². The first-order valence-electron chi connectivity index (χ1n) is 7.26. The number of aliphatic hydroxyl groups excluding tert-OH is 2. The van der Waals surface area contributed by atoms with E-state index in [2.05, 4.69) is 10.0 Å². The first kappa shape index (κ1) is 19.6. The Balaban J connectivity index is 2.40. The molecule has 0 heterocycles. The molecule has 1 amide bonds. The second-order valence-corrected chi connectivity index (χ2v) is 7.89. The van der Waals surface area contributed by atoms with Crippen molar-refractivity contribution in [3.05, 3.63) is 35.9 Å². The SMILES string of the molecule is CC(C)(CO)[C@@H](O)C(=O)NCCS(=O)(=O)NCc1ccccc1. The van der Waals surface area contributed by atoms with Crippen molar-refractivity contribution in [2.24, 2.45) is 5.41 Å². The van der Waals surface area contributed by atoms with Crippen LogP contribution in [-0.4, -0.2) is 49.5 Å². The average Bonchev–Trinajstić information content (AvgIpc) is 2.53. The van der Waals surface area contributed by atoms with E-state index in [1.807, 2.05) is 18.2 Å². The molecule has 23 heavy (non-hydrogen) atoms. The standard InChI is InChI=1S/C15H24N2O5S/c1-15(2,11-18)13(19)14(20)16-8-9-23(21,22)17-10-12-6-4-3-5-7-12/h3-7,13,17-19H,8-11H2,1-2H3,(H,16,20)/t13-/m0/s1. The molecule has 0 bridgehead atoms. The van der Waals surface area contributed by atoms with Gasteiger partial charge in [0.2, 0.25) is 15.9 Å². The van der Waals surface area contributed by atoms with Crippen LogP contribution in [0, 0.1) is 5.41 Å². The minimum Gasteiger partial charge on any atom is -0.396 e. The number of hydrogen-bond acceptors (Lipinski definition) is 5. The third-order valence-electron chi connectivity index (χ3n) is 3.41. The molecule has 4 N–H and O–H groups in total. The average molecular weight is 344 g/mol. The first-order chi connectivity index (χ1) is 10.7. The minimum atomic E-state index is -3.54. The molecule has 0 unspecified atom stereocenters. The van der Waals surface area contributed by atoms with Gasteiger partial charge in [0.25, 0.3) is 0 Å². The summed E-state index contributed by atoms with van der Waals surface area (Å²) < 4.78 is 26.1. The molecule has 7 nitrogen and oxygen atoms in total. The van der Waals surface area contributed by atoms with Crippen LogP contribution in [0.2, 0.25) is 0 Å². The van der Waals surface area contributed by atoms with Gasteiger partial charge in [-0.05, 0) is 5.56 Å². The van der Waals surface area contributed by atoms with Gasteiger partial charge in [0.15, 0.2) is 0 Å². The van der Waals surface area contributed by atoms with Crippen LogP contribution < -0.4 is 10.0 Å². The Hall–Kier alpha value is -1.48. The number of carbonyl (C=O) groups is 1. The lowest BCUT2D eigenvalue weighted by Gasteiger charge is -2.27. The van der Waals surface area contributed by atoms with E-state index in [0.29, 0.717) is 0 Å². The minimum absolute atomic E-state index is 0.123. The number of amides is 1. The summed E-state index contributed by atoms with van der Waals surface area (Å²) in [6.45, 7) is 2.77. The summed E-state index contributed by atoms with van der Waals surface area (Å²) in [6.07, 6.45) is -1.41. The highest BCUT2D eigenvalue weighted by Gasteiger charge is 2.32. The fraction of sp³-hybridized carbons (Fsp3) is 0.533. The molecule has 1 aromatic rings. The highest BCUT2D eigenvalue weighted by atomic mass is 32.2. The molecular formula is C15H24N2O5S. The number of benzene rings is 1. The van der Waals surface area contributed by atoms with Crippen LogP contribution in [0.5, 0.6) is 0 Å². The zero-order valence-electron chi connectivity index (χ0n) is 13.3. The van der Waals surface area contributed by atoms with E-state index in [1.165, 1.54) is 13.8 Å². The maximum Gasteiger partial charge on any atom is 0.249 e. The number of aliphatic hydroxyl groups is 2. The Bertz CT molecular complexity index is 602. The molecule has 8 heteroatoms. The quantitative estimate of drug-likeness (QED) is 0.487. The highest BCUT2D eigenvalue weighted by Crippen LogP contribution is 2.19.